The van der Waals surface area contributed by atoms with Crippen LogP contribution in [-0.4, -0.2) is 24.7 Å². The summed E-state index contributed by atoms with van der Waals surface area (Å²) in [7, 11) is 0. The van der Waals surface area contributed by atoms with E-state index < -0.39 is 11.9 Å². The molecule has 0 aliphatic heterocycles. The number of rotatable bonds is 7. The molecule has 32 heavy (non-hydrogen) atoms. The predicted octanol–water partition coefficient (Wildman–Crippen LogP) is 5.81. The molecule has 0 atom stereocenters. The van der Waals surface area contributed by atoms with Gasteiger partial charge in [0, 0.05) is 15.1 Å². The molecule has 3 aromatic rings. The van der Waals surface area contributed by atoms with Crippen molar-refractivity contribution in [3.63, 3.8) is 0 Å². The average molecular weight is 536 g/mol. The van der Waals surface area contributed by atoms with Gasteiger partial charge in [0.25, 0.3) is 5.91 Å². The van der Waals surface area contributed by atoms with Gasteiger partial charge < -0.3 is 9.47 Å². The van der Waals surface area contributed by atoms with Crippen LogP contribution < -0.4 is 14.9 Å². The van der Waals surface area contributed by atoms with Crippen molar-refractivity contribution in [2.75, 3.05) is 6.61 Å². The SMILES string of the molecule is Cc1ccccc1C(=O)Oc1ccc(Br)cc1/C=N\NC(=O)COc1ccc(Cl)cc1Cl. The van der Waals surface area contributed by atoms with Crippen molar-refractivity contribution in [3.05, 3.63) is 91.9 Å². The van der Waals surface area contributed by atoms with Crippen LogP contribution in [0.2, 0.25) is 10.0 Å². The van der Waals surface area contributed by atoms with E-state index in [0.29, 0.717) is 32.7 Å². The molecular formula is C23H17BrCl2N2O4. The van der Waals surface area contributed by atoms with Gasteiger partial charge in [-0.1, -0.05) is 57.3 Å². The van der Waals surface area contributed by atoms with Crippen molar-refractivity contribution in [1.29, 1.82) is 0 Å². The van der Waals surface area contributed by atoms with Crippen LogP contribution in [0.3, 0.4) is 0 Å². The molecule has 0 aromatic heterocycles. The molecule has 1 amide bonds. The van der Waals surface area contributed by atoms with E-state index in [1.54, 1.807) is 42.5 Å². The Bertz CT molecular complexity index is 1180. The largest absolute Gasteiger partial charge is 0.482 e. The monoisotopic (exact) mass is 534 g/mol. The number of benzene rings is 3. The second-order valence-electron chi connectivity index (χ2n) is 6.54. The maximum Gasteiger partial charge on any atom is 0.343 e. The molecule has 3 rings (SSSR count). The minimum Gasteiger partial charge on any atom is -0.482 e. The van der Waals surface area contributed by atoms with Gasteiger partial charge in [0.2, 0.25) is 0 Å². The average Bonchev–Trinajstić information content (AvgIpc) is 2.75. The van der Waals surface area contributed by atoms with Gasteiger partial charge in [-0.25, -0.2) is 10.2 Å². The zero-order chi connectivity index (χ0) is 23.1. The quantitative estimate of drug-likeness (QED) is 0.179. The Morgan fingerprint density at radius 2 is 1.81 bits per heavy atom. The summed E-state index contributed by atoms with van der Waals surface area (Å²) in [6, 6.07) is 16.9. The number of carbonyl (C=O) groups is 2. The zero-order valence-electron chi connectivity index (χ0n) is 16.8. The summed E-state index contributed by atoms with van der Waals surface area (Å²) in [4.78, 5) is 24.6. The minimum absolute atomic E-state index is 0.294. The lowest BCUT2D eigenvalue weighted by Gasteiger charge is -2.09. The Labute approximate surface area is 203 Å². The van der Waals surface area contributed by atoms with Gasteiger partial charge in [-0.3, -0.25) is 4.79 Å². The summed E-state index contributed by atoms with van der Waals surface area (Å²) < 4.78 is 11.6. The highest BCUT2D eigenvalue weighted by atomic mass is 79.9. The normalized spacial score (nSPS) is 10.8. The summed E-state index contributed by atoms with van der Waals surface area (Å²) in [5.41, 5.74) is 4.11. The van der Waals surface area contributed by atoms with Crippen molar-refractivity contribution >= 4 is 57.2 Å². The van der Waals surface area contributed by atoms with Crippen LogP contribution in [0.1, 0.15) is 21.5 Å². The van der Waals surface area contributed by atoms with E-state index in [4.69, 9.17) is 32.7 Å². The first-order chi connectivity index (χ1) is 15.3. The van der Waals surface area contributed by atoms with Crippen LogP contribution in [0.4, 0.5) is 0 Å². The molecule has 0 aliphatic carbocycles. The first kappa shape index (κ1) is 23.8. The molecule has 0 heterocycles. The molecule has 0 aliphatic rings. The lowest BCUT2D eigenvalue weighted by atomic mass is 10.1. The molecule has 0 unspecified atom stereocenters. The standard InChI is InChI=1S/C23H17BrCl2N2O4/c1-14-4-2-3-5-18(14)23(30)32-20-8-6-16(24)10-15(20)12-27-28-22(29)13-31-21-9-7-17(25)11-19(21)26/h2-12H,13H2,1H3,(H,28,29)/b27-12-. The number of hydrogen-bond acceptors (Lipinski definition) is 5. The molecule has 0 saturated carbocycles. The zero-order valence-corrected chi connectivity index (χ0v) is 19.9. The highest BCUT2D eigenvalue weighted by Gasteiger charge is 2.13. The van der Waals surface area contributed by atoms with E-state index in [9.17, 15) is 9.59 Å². The number of nitrogens with zero attached hydrogens (tertiary/aromatic N) is 1. The molecule has 0 fully saturated rings. The second kappa shape index (κ2) is 11.1. The van der Waals surface area contributed by atoms with Crippen molar-refractivity contribution in [2.45, 2.75) is 6.92 Å². The van der Waals surface area contributed by atoms with E-state index in [0.717, 1.165) is 10.0 Å². The Hall–Kier alpha value is -2.87. The summed E-state index contributed by atoms with van der Waals surface area (Å²) in [6.45, 7) is 1.53. The van der Waals surface area contributed by atoms with Gasteiger partial charge in [-0.15, -0.1) is 0 Å². The summed E-state index contributed by atoms with van der Waals surface area (Å²) in [5.74, 6) is -0.366. The first-order valence-electron chi connectivity index (χ1n) is 9.30. The fraction of sp³-hybridized carbons (Fsp3) is 0.0870. The van der Waals surface area contributed by atoms with Gasteiger partial charge in [-0.05, 0) is 55.0 Å². The Kier molecular flexibility index (Phi) is 8.27. The maximum absolute atomic E-state index is 12.5. The van der Waals surface area contributed by atoms with Crippen LogP contribution in [0, 0.1) is 6.92 Å². The number of nitrogens with one attached hydrogen (secondary N) is 1. The molecule has 3 aromatic carbocycles. The number of ether oxygens (including phenoxy) is 2. The molecular weight excluding hydrogens is 519 g/mol. The highest BCUT2D eigenvalue weighted by molar-refractivity contribution is 9.10. The van der Waals surface area contributed by atoms with Gasteiger partial charge >= 0.3 is 5.97 Å². The highest BCUT2D eigenvalue weighted by Crippen LogP contribution is 2.27. The third-order valence-corrected chi connectivity index (χ3v) is 5.21. The second-order valence-corrected chi connectivity index (χ2v) is 8.30. The number of hydrogen-bond donors (Lipinski definition) is 1. The van der Waals surface area contributed by atoms with Crippen LogP contribution in [0.15, 0.2) is 70.2 Å². The number of hydrazone groups is 1. The van der Waals surface area contributed by atoms with Crippen LogP contribution in [-0.2, 0) is 4.79 Å². The van der Waals surface area contributed by atoms with E-state index in [1.807, 2.05) is 19.1 Å². The molecule has 0 bridgehead atoms. The molecule has 1 N–H and O–H groups in total. The lowest BCUT2D eigenvalue weighted by Crippen LogP contribution is -2.24. The van der Waals surface area contributed by atoms with Crippen molar-refractivity contribution < 1.29 is 19.1 Å². The number of amides is 1. The van der Waals surface area contributed by atoms with E-state index in [-0.39, 0.29) is 6.61 Å². The van der Waals surface area contributed by atoms with Crippen LogP contribution >= 0.6 is 39.1 Å². The van der Waals surface area contributed by atoms with Crippen molar-refractivity contribution in [3.8, 4) is 11.5 Å². The Morgan fingerprint density at radius 3 is 2.56 bits per heavy atom. The van der Waals surface area contributed by atoms with E-state index in [2.05, 4.69) is 26.5 Å². The van der Waals surface area contributed by atoms with E-state index in [1.165, 1.54) is 12.3 Å². The lowest BCUT2D eigenvalue weighted by molar-refractivity contribution is -0.123. The van der Waals surface area contributed by atoms with Gasteiger partial charge in [0.1, 0.15) is 11.5 Å². The van der Waals surface area contributed by atoms with E-state index >= 15 is 0 Å². The fourth-order valence-electron chi connectivity index (χ4n) is 2.61. The third-order valence-electron chi connectivity index (χ3n) is 4.19. The first-order valence-corrected chi connectivity index (χ1v) is 10.9. The maximum atomic E-state index is 12.5. The summed E-state index contributed by atoms with van der Waals surface area (Å²) in [6.07, 6.45) is 1.37. The topological polar surface area (TPSA) is 77.0 Å². The van der Waals surface area contributed by atoms with Gasteiger partial charge in [0.05, 0.1) is 16.8 Å². The third kappa shape index (κ3) is 6.56. The number of aryl methyl sites for hydroxylation is 1. The molecule has 0 radical (unpaired) electrons. The molecule has 9 heteroatoms. The number of halogens is 3. The van der Waals surface area contributed by atoms with Crippen molar-refractivity contribution in [1.82, 2.24) is 5.43 Å². The number of carbonyl (C=O) groups excluding carboxylic acids is 2. The Morgan fingerprint density at radius 1 is 1.06 bits per heavy atom. The fourth-order valence-corrected chi connectivity index (χ4v) is 3.45. The minimum atomic E-state index is -0.499. The summed E-state index contributed by atoms with van der Waals surface area (Å²) >= 11 is 15.2. The predicted molar refractivity (Wildman–Crippen MR) is 128 cm³/mol. The molecule has 6 nitrogen and oxygen atoms in total. The number of esters is 1. The van der Waals surface area contributed by atoms with Crippen LogP contribution in [0.5, 0.6) is 11.5 Å². The van der Waals surface area contributed by atoms with Crippen LogP contribution in [0.25, 0.3) is 0 Å². The Balaban J connectivity index is 1.63. The van der Waals surface area contributed by atoms with Gasteiger partial charge in [-0.2, -0.15) is 5.10 Å². The summed E-state index contributed by atoms with van der Waals surface area (Å²) in [5, 5.41) is 4.68. The molecule has 0 spiro atoms. The molecule has 0 saturated heterocycles. The van der Waals surface area contributed by atoms with Gasteiger partial charge in [0.15, 0.2) is 6.61 Å². The smallest absolute Gasteiger partial charge is 0.343 e. The van der Waals surface area contributed by atoms with Crippen molar-refractivity contribution in [2.24, 2.45) is 5.10 Å². The molecule has 164 valence electrons.